The van der Waals surface area contributed by atoms with Crippen LogP contribution in [0.1, 0.15) is 49.2 Å². The van der Waals surface area contributed by atoms with E-state index < -0.39 is 12.2 Å². The SMILES string of the molecule is CC(C)(C)[C@@H](O)C[C@H](OC(=O)c1ccccc1)c1ccccc1. The molecular formula is C20H24O3. The summed E-state index contributed by atoms with van der Waals surface area (Å²) in [4.78, 5) is 12.4. The third-order valence-corrected chi connectivity index (χ3v) is 3.87. The average molecular weight is 312 g/mol. The third kappa shape index (κ3) is 4.93. The molecule has 0 bridgehead atoms. The number of aliphatic hydroxyl groups excluding tert-OH is 1. The quantitative estimate of drug-likeness (QED) is 0.833. The van der Waals surface area contributed by atoms with Crippen LogP contribution in [0.4, 0.5) is 0 Å². The molecule has 3 heteroatoms. The van der Waals surface area contributed by atoms with Gasteiger partial charge in [0.05, 0.1) is 11.7 Å². The second kappa shape index (κ2) is 7.42. The Kier molecular flexibility index (Phi) is 5.56. The van der Waals surface area contributed by atoms with Crippen molar-refractivity contribution < 1.29 is 14.6 Å². The maximum Gasteiger partial charge on any atom is 0.338 e. The number of hydrogen-bond acceptors (Lipinski definition) is 3. The molecule has 23 heavy (non-hydrogen) atoms. The minimum atomic E-state index is -0.573. The van der Waals surface area contributed by atoms with E-state index in [4.69, 9.17) is 4.74 Å². The summed E-state index contributed by atoms with van der Waals surface area (Å²) in [6, 6.07) is 18.5. The molecule has 1 N–H and O–H groups in total. The van der Waals surface area contributed by atoms with Gasteiger partial charge in [-0.15, -0.1) is 0 Å². The second-order valence-electron chi connectivity index (χ2n) is 6.79. The lowest BCUT2D eigenvalue weighted by Crippen LogP contribution is -2.29. The summed E-state index contributed by atoms with van der Waals surface area (Å²) in [6.45, 7) is 5.91. The zero-order valence-electron chi connectivity index (χ0n) is 13.9. The molecule has 2 rings (SSSR count). The van der Waals surface area contributed by atoms with Gasteiger partial charge in [-0.05, 0) is 23.1 Å². The Morgan fingerprint density at radius 2 is 1.52 bits per heavy atom. The molecule has 2 atom stereocenters. The van der Waals surface area contributed by atoms with Gasteiger partial charge >= 0.3 is 5.97 Å². The number of aliphatic hydroxyl groups is 1. The van der Waals surface area contributed by atoms with Crippen LogP contribution in [0.25, 0.3) is 0 Å². The van der Waals surface area contributed by atoms with Gasteiger partial charge in [0.2, 0.25) is 0 Å². The fourth-order valence-electron chi connectivity index (χ4n) is 2.25. The van der Waals surface area contributed by atoms with Crippen molar-refractivity contribution in [2.75, 3.05) is 0 Å². The molecule has 0 saturated heterocycles. The van der Waals surface area contributed by atoms with Crippen molar-refractivity contribution in [3.05, 3.63) is 71.8 Å². The Morgan fingerprint density at radius 1 is 1.00 bits per heavy atom. The largest absolute Gasteiger partial charge is 0.454 e. The lowest BCUT2D eigenvalue weighted by molar-refractivity contribution is -0.0103. The summed E-state index contributed by atoms with van der Waals surface area (Å²) in [7, 11) is 0. The van der Waals surface area contributed by atoms with E-state index in [1.54, 1.807) is 24.3 Å². The molecule has 0 aliphatic carbocycles. The van der Waals surface area contributed by atoms with Crippen LogP contribution < -0.4 is 0 Å². The number of hydrogen-bond donors (Lipinski definition) is 1. The van der Waals surface area contributed by atoms with Crippen LogP contribution in [-0.2, 0) is 4.74 Å². The second-order valence-corrected chi connectivity index (χ2v) is 6.79. The average Bonchev–Trinajstić information content (AvgIpc) is 2.55. The lowest BCUT2D eigenvalue weighted by Gasteiger charge is -2.29. The molecule has 3 nitrogen and oxygen atoms in total. The standard InChI is InChI=1S/C20H24O3/c1-20(2,3)18(21)14-17(15-10-6-4-7-11-15)23-19(22)16-12-8-5-9-13-16/h4-13,17-18,21H,14H2,1-3H3/t17-,18-/m0/s1. The zero-order valence-corrected chi connectivity index (χ0v) is 13.9. The summed E-state index contributed by atoms with van der Waals surface area (Å²) in [5, 5.41) is 10.4. The normalized spacial score (nSPS) is 14.1. The topological polar surface area (TPSA) is 46.5 Å². The van der Waals surface area contributed by atoms with Gasteiger partial charge in [-0.3, -0.25) is 0 Å². The van der Waals surface area contributed by atoms with Crippen LogP contribution in [0, 0.1) is 5.41 Å². The Balaban J connectivity index is 2.19. The number of carbonyl (C=O) groups is 1. The number of carbonyl (C=O) groups excluding carboxylic acids is 1. The molecule has 0 saturated carbocycles. The van der Waals surface area contributed by atoms with Gasteiger partial charge in [-0.1, -0.05) is 69.3 Å². The molecule has 0 fully saturated rings. The van der Waals surface area contributed by atoms with E-state index in [1.165, 1.54) is 0 Å². The first kappa shape index (κ1) is 17.2. The van der Waals surface area contributed by atoms with E-state index in [-0.39, 0.29) is 11.4 Å². The van der Waals surface area contributed by atoms with Gasteiger partial charge in [0.1, 0.15) is 6.10 Å². The molecule has 0 aromatic heterocycles. The Hall–Kier alpha value is -2.13. The van der Waals surface area contributed by atoms with Crippen LogP contribution >= 0.6 is 0 Å². The highest BCUT2D eigenvalue weighted by Gasteiger charge is 2.28. The predicted octanol–water partition coefficient (Wildman–Crippen LogP) is 4.38. The number of ether oxygens (including phenoxy) is 1. The summed E-state index contributed by atoms with van der Waals surface area (Å²) >= 11 is 0. The molecule has 0 radical (unpaired) electrons. The Morgan fingerprint density at radius 3 is 2.04 bits per heavy atom. The first-order chi connectivity index (χ1) is 10.9. The first-order valence-electron chi connectivity index (χ1n) is 7.87. The van der Waals surface area contributed by atoms with Crippen molar-refractivity contribution in [3.8, 4) is 0 Å². The fourth-order valence-corrected chi connectivity index (χ4v) is 2.25. The van der Waals surface area contributed by atoms with Gasteiger partial charge < -0.3 is 9.84 Å². The van der Waals surface area contributed by atoms with Crippen LogP contribution in [0.15, 0.2) is 60.7 Å². The zero-order chi connectivity index (χ0) is 16.9. The summed E-state index contributed by atoms with van der Waals surface area (Å²) in [6.07, 6.45) is -0.680. The predicted molar refractivity (Wildman–Crippen MR) is 91.1 cm³/mol. The van der Waals surface area contributed by atoms with Gasteiger partial charge in [-0.25, -0.2) is 4.79 Å². The monoisotopic (exact) mass is 312 g/mol. The van der Waals surface area contributed by atoms with E-state index in [0.717, 1.165) is 5.56 Å². The molecule has 0 heterocycles. The van der Waals surface area contributed by atoms with Crippen LogP contribution in [0.3, 0.4) is 0 Å². The van der Waals surface area contributed by atoms with Crippen molar-refractivity contribution in [1.82, 2.24) is 0 Å². The van der Waals surface area contributed by atoms with Crippen LogP contribution in [-0.4, -0.2) is 17.2 Å². The fraction of sp³-hybridized carbons (Fsp3) is 0.350. The van der Waals surface area contributed by atoms with Crippen molar-refractivity contribution >= 4 is 5.97 Å². The summed E-state index contributed by atoms with van der Waals surface area (Å²) in [5.41, 5.74) is 1.13. The molecule has 0 amide bonds. The van der Waals surface area contributed by atoms with E-state index in [0.29, 0.717) is 12.0 Å². The molecule has 0 unspecified atom stereocenters. The molecule has 0 aliphatic heterocycles. The summed E-state index contributed by atoms with van der Waals surface area (Å²) in [5.74, 6) is -0.374. The third-order valence-electron chi connectivity index (χ3n) is 3.87. The number of esters is 1. The highest BCUT2D eigenvalue weighted by Crippen LogP contribution is 2.31. The number of benzene rings is 2. The minimum absolute atomic E-state index is 0.272. The highest BCUT2D eigenvalue weighted by atomic mass is 16.5. The highest BCUT2D eigenvalue weighted by molar-refractivity contribution is 5.89. The van der Waals surface area contributed by atoms with Crippen molar-refractivity contribution in [1.29, 1.82) is 0 Å². The van der Waals surface area contributed by atoms with Crippen molar-refractivity contribution in [3.63, 3.8) is 0 Å². The van der Waals surface area contributed by atoms with Crippen molar-refractivity contribution in [2.45, 2.75) is 39.4 Å². The Bertz CT molecular complexity index is 614. The van der Waals surface area contributed by atoms with E-state index >= 15 is 0 Å². The van der Waals surface area contributed by atoms with Gasteiger partial charge in [-0.2, -0.15) is 0 Å². The lowest BCUT2D eigenvalue weighted by atomic mass is 9.85. The van der Waals surface area contributed by atoms with E-state index in [1.807, 2.05) is 57.2 Å². The smallest absolute Gasteiger partial charge is 0.338 e. The molecule has 2 aromatic rings. The van der Waals surface area contributed by atoms with Gasteiger partial charge in [0.25, 0.3) is 0 Å². The molecule has 2 aromatic carbocycles. The number of rotatable bonds is 5. The van der Waals surface area contributed by atoms with Crippen LogP contribution in [0.2, 0.25) is 0 Å². The molecule has 0 spiro atoms. The van der Waals surface area contributed by atoms with E-state index in [9.17, 15) is 9.90 Å². The maximum atomic E-state index is 12.4. The molecule has 122 valence electrons. The van der Waals surface area contributed by atoms with Gasteiger partial charge in [0.15, 0.2) is 0 Å². The summed E-state index contributed by atoms with van der Waals surface area (Å²) < 4.78 is 5.69. The van der Waals surface area contributed by atoms with E-state index in [2.05, 4.69) is 0 Å². The Labute approximate surface area is 137 Å². The van der Waals surface area contributed by atoms with Gasteiger partial charge in [0, 0.05) is 6.42 Å². The van der Waals surface area contributed by atoms with Crippen LogP contribution in [0.5, 0.6) is 0 Å². The maximum absolute atomic E-state index is 12.4. The van der Waals surface area contributed by atoms with Crippen molar-refractivity contribution in [2.24, 2.45) is 5.41 Å². The molecular weight excluding hydrogens is 288 g/mol. The molecule has 0 aliphatic rings. The minimum Gasteiger partial charge on any atom is -0.454 e. The first-order valence-corrected chi connectivity index (χ1v) is 7.87.